The van der Waals surface area contributed by atoms with Crippen molar-refractivity contribution < 1.29 is 23.1 Å². The number of sulfonamides is 1. The third-order valence-corrected chi connectivity index (χ3v) is 4.41. The van der Waals surface area contributed by atoms with E-state index in [0.717, 1.165) is 16.1 Å². The first-order chi connectivity index (χ1) is 9.38. The van der Waals surface area contributed by atoms with E-state index in [2.05, 4.69) is 0 Å². The van der Waals surface area contributed by atoms with Crippen LogP contribution in [0.4, 0.5) is 0 Å². The van der Waals surface area contributed by atoms with Gasteiger partial charge in [0.25, 0.3) is 0 Å². The van der Waals surface area contributed by atoms with E-state index in [9.17, 15) is 18.3 Å². The molecule has 110 valence electrons. The van der Waals surface area contributed by atoms with Gasteiger partial charge >= 0.3 is 5.97 Å². The molecule has 0 aliphatic carbocycles. The van der Waals surface area contributed by atoms with Crippen LogP contribution in [-0.4, -0.2) is 48.7 Å². The molecular formula is C13H17NO5S. The topological polar surface area (TPSA) is 83.9 Å². The number of esters is 1. The van der Waals surface area contributed by atoms with Gasteiger partial charge in [-0.2, -0.15) is 4.31 Å². The van der Waals surface area contributed by atoms with Gasteiger partial charge in [0.2, 0.25) is 10.0 Å². The minimum absolute atomic E-state index is 0.0655. The molecule has 1 N–H and O–H groups in total. The van der Waals surface area contributed by atoms with Crippen LogP contribution in [0.2, 0.25) is 0 Å². The van der Waals surface area contributed by atoms with Crippen LogP contribution in [0.15, 0.2) is 30.3 Å². The molecule has 0 amide bonds. The van der Waals surface area contributed by atoms with Crippen LogP contribution >= 0.6 is 0 Å². The molecule has 0 radical (unpaired) electrons. The van der Waals surface area contributed by atoms with Gasteiger partial charge in [0, 0.05) is 13.0 Å². The quantitative estimate of drug-likeness (QED) is 0.799. The number of carbonyl (C=O) groups is 1. The maximum absolute atomic E-state index is 12.0. The zero-order chi connectivity index (χ0) is 14.8. The molecule has 0 spiro atoms. The van der Waals surface area contributed by atoms with E-state index in [1.165, 1.54) is 0 Å². The summed E-state index contributed by atoms with van der Waals surface area (Å²) in [6.07, 6.45) is 0.252. The van der Waals surface area contributed by atoms with E-state index >= 15 is 0 Å². The summed E-state index contributed by atoms with van der Waals surface area (Å²) in [7, 11) is -3.54. The summed E-state index contributed by atoms with van der Waals surface area (Å²) in [5.74, 6) is -0.629. The summed E-state index contributed by atoms with van der Waals surface area (Å²) < 4.78 is 29.3. The van der Waals surface area contributed by atoms with Gasteiger partial charge in [-0.1, -0.05) is 30.3 Å². The second-order valence-electron chi connectivity index (χ2n) is 4.83. The molecule has 7 heteroatoms. The van der Waals surface area contributed by atoms with E-state index in [-0.39, 0.29) is 19.6 Å². The number of rotatable bonds is 4. The number of hydrogen-bond donors (Lipinski definition) is 1. The fourth-order valence-electron chi connectivity index (χ4n) is 2.19. The van der Waals surface area contributed by atoms with Gasteiger partial charge in [0.05, 0.1) is 12.4 Å². The van der Waals surface area contributed by atoms with E-state index in [0.29, 0.717) is 0 Å². The van der Waals surface area contributed by atoms with Gasteiger partial charge in [-0.15, -0.1) is 0 Å². The predicted molar refractivity (Wildman–Crippen MR) is 72.2 cm³/mol. The molecule has 1 aliphatic rings. The minimum atomic E-state index is -3.54. The van der Waals surface area contributed by atoms with Crippen molar-refractivity contribution in [2.45, 2.75) is 25.2 Å². The molecule has 0 bridgehead atoms. The lowest BCUT2D eigenvalue weighted by molar-refractivity contribution is -0.148. The Morgan fingerprint density at radius 1 is 1.40 bits per heavy atom. The van der Waals surface area contributed by atoms with E-state index in [4.69, 9.17) is 4.74 Å². The van der Waals surface area contributed by atoms with Gasteiger partial charge in [0.15, 0.2) is 0 Å². The number of aliphatic hydroxyl groups excluding tert-OH is 1. The maximum Gasteiger partial charge on any atom is 0.324 e. The summed E-state index contributed by atoms with van der Waals surface area (Å²) in [6.45, 7) is 0.0216. The third-order valence-electron chi connectivity index (χ3n) is 3.16. The van der Waals surface area contributed by atoms with Crippen LogP contribution in [0.1, 0.15) is 12.0 Å². The zero-order valence-corrected chi connectivity index (χ0v) is 11.9. The highest BCUT2D eigenvalue weighted by Gasteiger charge is 2.41. The van der Waals surface area contributed by atoms with Crippen LogP contribution in [-0.2, 0) is 26.2 Å². The first kappa shape index (κ1) is 15.0. The number of benzene rings is 1. The number of β-amino-alcohol motifs (C(OH)–C–C–N with tert-alkyl or cyclic N) is 1. The number of nitrogens with zero attached hydrogens (tertiary/aromatic N) is 1. The molecule has 2 atom stereocenters. The van der Waals surface area contributed by atoms with Crippen molar-refractivity contribution in [1.82, 2.24) is 4.31 Å². The first-order valence-corrected chi connectivity index (χ1v) is 8.08. The Bertz CT molecular complexity index is 572. The highest BCUT2D eigenvalue weighted by atomic mass is 32.2. The maximum atomic E-state index is 12.0. The average molecular weight is 299 g/mol. The Morgan fingerprint density at radius 3 is 2.65 bits per heavy atom. The summed E-state index contributed by atoms with van der Waals surface area (Å²) >= 11 is 0. The van der Waals surface area contributed by atoms with Crippen LogP contribution in [0.25, 0.3) is 0 Å². The Morgan fingerprint density at radius 2 is 2.05 bits per heavy atom. The van der Waals surface area contributed by atoms with Gasteiger partial charge in [-0.3, -0.25) is 4.79 Å². The van der Waals surface area contributed by atoms with Crippen molar-refractivity contribution in [1.29, 1.82) is 0 Å². The molecule has 1 aliphatic heterocycles. The molecule has 20 heavy (non-hydrogen) atoms. The highest BCUT2D eigenvalue weighted by Crippen LogP contribution is 2.22. The van der Waals surface area contributed by atoms with Gasteiger partial charge in [-0.05, 0) is 5.56 Å². The molecule has 2 rings (SSSR count). The Kier molecular flexibility index (Phi) is 4.42. The smallest absolute Gasteiger partial charge is 0.324 e. The molecule has 0 aromatic heterocycles. The van der Waals surface area contributed by atoms with Crippen molar-refractivity contribution in [3.63, 3.8) is 0 Å². The van der Waals surface area contributed by atoms with Crippen molar-refractivity contribution in [3.05, 3.63) is 35.9 Å². The normalized spacial score (nSPS) is 23.7. The standard InChI is InChI=1S/C13H17NO5S/c1-20(17,18)14-8-11(15)7-12(14)13(16)19-9-10-5-3-2-4-6-10/h2-6,11-12,15H,7-9H2,1H3/t11-,12?/m1/s1. The molecule has 1 aromatic carbocycles. The van der Waals surface area contributed by atoms with Crippen LogP contribution in [0.5, 0.6) is 0 Å². The summed E-state index contributed by atoms with van der Waals surface area (Å²) in [5.41, 5.74) is 0.824. The van der Waals surface area contributed by atoms with Crippen molar-refractivity contribution in [2.75, 3.05) is 12.8 Å². The molecule has 1 unspecified atom stereocenters. The molecule has 1 fully saturated rings. The second-order valence-corrected chi connectivity index (χ2v) is 6.77. The summed E-state index contributed by atoms with van der Waals surface area (Å²) in [6, 6.07) is 8.18. The largest absolute Gasteiger partial charge is 0.460 e. The molecule has 1 saturated heterocycles. The number of carbonyl (C=O) groups excluding carboxylic acids is 1. The second kappa shape index (κ2) is 5.90. The van der Waals surface area contributed by atoms with Crippen LogP contribution < -0.4 is 0 Å². The molecule has 0 saturated carbocycles. The van der Waals surface area contributed by atoms with Gasteiger partial charge in [-0.25, -0.2) is 8.42 Å². The van der Waals surface area contributed by atoms with Crippen molar-refractivity contribution >= 4 is 16.0 Å². The molecule has 6 nitrogen and oxygen atoms in total. The van der Waals surface area contributed by atoms with Gasteiger partial charge < -0.3 is 9.84 Å². The van der Waals surface area contributed by atoms with Gasteiger partial charge in [0.1, 0.15) is 12.6 Å². The molecule has 1 aromatic rings. The Balaban J connectivity index is 2.01. The lowest BCUT2D eigenvalue weighted by Crippen LogP contribution is -2.40. The predicted octanol–water partition coefficient (Wildman–Crippen LogP) is 0.125. The third kappa shape index (κ3) is 3.56. The number of aliphatic hydroxyl groups is 1. The highest BCUT2D eigenvalue weighted by molar-refractivity contribution is 7.88. The van der Waals surface area contributed by atoms with Crippen LogP contribution in [0, 0.1) is 0 Å². The van der Waals surface area contributed by atoms with Crippen molar-refractivity contribution in [3.8, 4) is 0 Å². The Hall–Kier alpha value is -1.44. The van der Waals surface area contributed by atoms with E-state index in [1.54, 1.807) is 0 Å². The minimum Gasteiger partial charge on any atom is -0.460 e. The van der Waals surface area contributed by atoms with E-state index < -0.39 is 28.1 Å². The number of hydrogen-bond acceptors (Lipinski definition) is 5. The average Bonchev–Trinajstić information content (AvgIpc) is 2.79. The van der Waals surface area contributed by atoms with Crippen molar-refractivity contribution in [2.24, 2.45) is 0 Å². The Labute approximate surface area is 118 Å². The fourth-order valence-corrected chi connectivity index (χ4v) is 3.27. The summed E-state index contributed by atoms with van der Waals surface area (Å²) in [5, 5.41) is 9.55. The molecule has 1 heterocycles. The lowest BCUT2D eigenvalue weighted by Gasteiger charge is -2.20. The van der Waals surface area contributed by atoms with E-state index in [1.807, 2.05) is 30.3 Å². The fraction of sp³-hybridized carbons (Fsp3) is 0.462. The monoisotopic (exact) mass is 299 g/mol. The SMILES string of the molecule is CS(=O)(=O)N1C[C@H](O)CC1C(=O)OCc1ccccc1. The lowest BCUT2D eigenvalue weighted by atomic mass is 10.2. The first-order valence-electron chi connectivity index (χ1n) is 6.23. The van der Waals surface area contributed by atoms with Crippen LogP contribution in [0.3, 0.4) is 0 Å². The molecular weight excluding hydrogens is 282 g/mol. The zero-order valence-electron chi connectivity index (χ0n) is 11.1. The summed E-state index contributed by atoms with van der Waals surface area (Å²) in [4.78, 5) is 12.0. The number of ether oxygens (including phenoxy) is 1.